The number of rotatable bonds is 1. The summed E-state index contributed by atoms with van der Waals surface area (Å²) in [5.41, 5.74) is 1.36. The molecule has 0 bridgehead atoms. The molecule has 1 aromatic rings. The van der Waals surface area contributed by atoms with Crippen LogP contribution in [0.5, 0.6) is 0 Å². The largest absolute Gasteiger partial charge is 0.311 e. The fraction of sp³-hybridized carbons (Fsp3) is 0.417. The van der Waals surface area contributed by atoms with E-state index in [0.717, 1.165) is 18.5 Å². The number of carbonyl (C=O) groups is 1. The maximum Gasteiger partial charge on any atom is 0.240 e. The van der Waals surface area contributed by atoms with Gasteiger partial charge in [-0.3, -0.25) is 4.79 Å². The van der Waals surface area contributed by atoms with Gasteiger partial charge in [0, 0.05) is 12.2 Å². The Morgan fingerprint density at radius 3 is 2.94 bits per heavy atom. The molecule has 1 atom stereocenters. The third kappa shape index (κ3) is 2.12. The molecule has 1 aliphatic heterocycles. The van der Waals surface area contributed by atoms with Crippen LogP contribution in [-0.2, 0) is 4.79 Å². The van der Waals surface area contributed by atoms with E-state index in [4.69, 9.17) is 0 Å². The Labute approximate surface area is 103 Å². The van der Waals surface area contributed by atoms with E-state index in [1.165, 1.54) is 6.07 Å². The first-order valence-corrected chi connectivity index (χ1v) is 6.23. The van der Waals surface area contributed by atoms with Crippen molar-refractivity contribution in [1.29, 1.82) is 0 Å². The number of alkyl halides is 1. The van der Waals surface area contributed by atoms with Crippen molar-refractivity contribution in [2.75, 3.05) is 11.4 Å². The number of anilines is 1. The summed E-state index contributed by atoms with van der Waals surface area (Å²) in [7, 11) is 0. The summed E-state index contributed by atoms with van der Waals surface area (Å²) in [5, 5.41) is 0. The molecule has 2 nitrogen and oxygen atoms in total. The Bertz CT molecular complexity index is 421. The summed E-state index contributed by atoms with van der Waals surface area (Å²) in [4.78, 5) is 13.5. The maximum atomic E-state index is 13.1. The molecule has 1 unspecified atom stereocenters. The van der Waals surface area contributed by atoms with Crippen molar-refractivity contribution in [3.8, 4) is 0 Å². The van der Waals surface area contributed by atoms with Gasteiger partial charge in [-0.1, -0.05) is 15.9 Å². The predicted molar refractivity (Wildman–Crippen MR) is 65.4 cm³/mol. The van der Waals surface area contributed by atoms with Gasteiger partial charge in [0.05, 0.1) is 4.83 Å². The van der Waals surface area contributed by atoms with Crippen LogP contribution in [0, 0.1) is 12.7 Å². The zero-order valence-electron chi connectivity index (χ0n) is 9.04. The number of aryl methyl sites for hydroxylation is 1. The topological polar surface area (TPSA) is 20.3 Å². The number of halogens is 2. The highest BCUT2D eigenvalue weighted by molar-refractivity contribution is 9.10. The Morgan fingerprint density at radius 2 is 2.25 bits per heavy atom. The molecule has 0 saturated carbocycles. The monoisotopic (exact) mass is 285 g/mol. The fourth-order valence-electron chi connectivity index (χ4n) is 1.88. The summed E-state index contributed by atoms with van der Waals surface area (Å²) in [6.07, 6.45) is 1.84. The summed E-state index contributed by atoms with van der Waals surface area (Å²) in [5.74, 6) is -0.166. The lowest BCUT2D eigenvalue weighted by Crippen LogP contribution is -2.41. The van der Waals surface area contributed by atoms with E-state index >= 15 is 0 Å². The van der Waals surface area contributed by atoms with Gasteiger partial charge < -0.3 is 4.90 Å². The van der Waals surface area contributed by atoms with Crippen LogP contribution in [0.15, 0.2) is 18.2 Å². The number of hydrogen-bond donors (Lipinski definition) is 0. The molecule has 0 spiro atoms. The van der Waals surface area contributed by atoms with Crippen molar-refractivity contribution in [1.82, 2.24) is 0 Å². The van der Waals surface area contributed by atoms with E-state index in [9.17, 15) is 9.18 Å². The van der Waals surface area contributed by atoms with Crippen LogP contribution in [-0.4, -0.2) is 17.3 Å². The molecular formula is C12H13BrFNO. The predicted octanol–water partition coefficient (Wildman–Crippen LogP) is 3.02. The first kappa shape index (κ1) is 11.6. The highest BCUT2D eigenvalue weighted by Gasteiger charge is 2.27. The summed E-state index contributed by atoms with van der Waals surface area (Å²) < 4.78 is 13.1. The number of benzene rings is 1. The highest BCUT2D eigenvalue weighted by atomic mass is 79.9. The van der Waals surface area contributed by atoms with Crippen LogP contribution < -0.4 is 4.90 Å². The van der Waals surface area contributed by atoms with Crippen LogP contribution in [0.25, 0.3) is 0 Å². The molecule has 1 heterocycles. The first-order chi connectivity index (χ1) is 7.59. The van der Waals surface area contributed by atoms with Crippen molar-refractivity contribution in [2.24, 2.45) is 0 Å². The second kappa shape index (κ2) is 4.53. The number of amides is 1. The third-order valence-corrected chi connectivity index (χ3v) is 3.68. The second-order valence-electron chi connectivity index (χ2n) is 4.03. The molecule has 16 heavy (non-hydrogen) atoms. The van der Waals surface area contributed by atoms with E-state index < -0.39 is 0 Å². The quantitative estimate of drug-likeness (QED) is 0.727. The molecule has 86 valence electrons. The van der Waals surface area contributed by atoms with Crippen LogP contribution in [0.2, 0.25) is 0 Å². The maximum absolute atomic E-state index is 13.1. The minimum Gasteiger partial charge on any atom is -0.311 e. The average molecular weight is 286 g/mol. The minimum absolute atomic E-state index is 0.0669. The van der Waals surface area contributed by atoms with Gasteiger partial charge in [0.15, 0.2) is 0 Å². The second-order valence-corrected chi connectivity index (χ2v) is 5.14. The van der Waals surface area contributed by atoms with E-state index in [1.807, 2.05) is 0 Å². The zero-order chi connectivity index (χ0) is 11.7. The van der Waals surface area contributed by atoms with E-state index in [0.29, 0.717) is 12.1 Å². The normalized spacial score (nSPS) is 21.3. The lowest BCUT2D eigenvalue weighted by atomic mass is 10.1. The first-order valence-electron chi connectivity index (χ1n) is 5.31. The van der Waals surface area contributed by atoms with Gasteiger partial charge in [0.25, 0.3) is 0 Å². The summed E-state index contributed by atoms with van der Waals surface area (Å²) in [6.45, 7) is 2.42. The fourth-order valence-corrected chi connectivity index (χ4v) is 2.46. The number of hydrogen-bond acceptors (Lipinski definition) is 1. The Kier molecular flexibility index (Phi) is 3.28. The summed E-state index contributed by atoms with van der Waals surface area (Å²) in [6, 6.07) is 4.79. The van der Waals surface area contributed by atoms with Gasteiger partial charge in [0.1, 0.15) is 5.82 Å². The van der Waals surface area contributed by atoms with Gasteiger partial charge in [-0.05, 0) is 43.5 Å². The molecule has 4 heteroatoms. The molecule has 1 aliphatic rings. The lowest BCUT2D eigenvalue weighted by Gasteiger charge is -2.30. The SMILES string of the molecule is Cc1cc(N2CCCC(Br)C2=O)ccc1F. The van der Waals surface area contributed by atoms with Crippen LogP contribution in [0.4, 0.5) is 10.1 Å². The molecule has 2 rings (SSSR count). The molecule has 0 radical (unpaired) electrons. The zero-order valence-corrected chi connectivity index (χ0v) is 10.6. The van der Waals surface area contributed by atoms with E-state index in [2.05, 4.69) is 15.9 Å². The van der Waals surface area contributed by atoms with Crippen LogP contribution in [0.1, 0.15) is 18.4 Å². The molecule has 0 aliphatic carbocycles. The van der Waals surface area contributed by atoms with Gasteiger partial charge in [0.2, 0.25) is 5.91 Å². The van der Waals surface area contributed by atoms with Crippen molar-refractivity contribution in [2.45, 2.75) is 24.6 Å². The van der Waals surface area contributed by atoms with Gasteiger partial charge in [-0.25, -0.2) is 4.39 Å². The van der Waals surface area contributed by atoms with Crippen LogP contribution >= 0.6 is 15.9 Å². The third-order valence-electron chi connectivity index (χ3n) is 2.83. The smallest absolute Gasteiger partial charge is 0.240 e. The van der Waals surface area contributed by atoms with Crippen molar-refractivity contribution in [3.05, 3.63) is 29.6 Å². The molecule has 1 aromatic carbocycles. The van der Waals surface area contributed by atoms with E-state index in [1.54, 1.807) is 24.0 Å². The molecule has 0 N–H and O–H groups in total. The van der Waals surface area contributed by atoms with E-state index in [-0.39, 0.29) is 16.6 Å². The Balaban J connectivity index is 2.29. The number of nitrogens with zero attached hydrogens (tertiary/aromatic N) is 1. The number of carbonyl (C=O) groups excluding carboxylic acids is 1. The molecule has 1 saturated heterocycles. The minimum atomic E-state index is -0.233. The Hall–Kier alpha value is -0.900. The average Bonchev–Trinajstić information content (AvgIpc) is 2.26. The highest BCUT2D eigenvalue weighted by Crippen LogP contribution is 2.25. The molecule has 1 amide bonds. The molecule has 1 fully saturated rings. The molecular weight excluding hydrogens is 273 g/mol. The van der Waals surface area contributed by atoms with Crippen LogP contribution in [0.3, 0.4) is 0 Å². The standard InChI is InChI=1S/C12H13BrFNO/c1-8-7-9(4-5-11(8)14)15-6-2-3-10(13)12(15)16/h4-5,7,10H,2-3,6H2,1H3. The molecule has 0 aromatic heterocycles. The Morgan fingerprint density at radius 1 is 1.50 bits per heavy atom. The summed E-state index contributed by atoms with van der Waals surface area (Å²) >= 11 is 3.36. The van der Waals surface area contributed by atoms with Crippen molar-refractivity contribution >= 4 is 27.5 Å². The van der Waals surface area contributed by atoms with Crippen molar-refractivity contribution < 1.29 is 9.18 Å². The van der Waals surface area contributed by atoms with Gasteiger partial charge in [-0.15, -0.1) is 0 Å². The lowest BCUT2D eigenvalue weighted by molar-refractivity contribution is -0.118. The number of piperidine rings is 1. The van der Waals surface area contributed by atoms with Gasteiger partial charge >= 0.3 is 0 Å². The van der Waals surface area contributed by atoms with Crippen molar-refractivity contribution in [3.63, 3.8) is 0 Å². The van der Waals surface area contributed by atoms with Gasteiger partial charge in [-0.2, -0.15) is 0 Å².